The van der Waals surface area contributed by atoms with Crippen molar-refractivity contribution in [3.05, 3.63) is 47.3 Å². The molecule has 7 nitrogen and oxygen atoms in total. The maximum atomic E-state index is 13.7. The first-order valence-corrected chi connectivity index (χ1v) is 11.1. The highest BCUT2D eigenvalue weighted by atomic mass is 19.4. The van der Waals surface area contributed by atoms with Gasteiger partial charge < -0.3 is 15.0 Å². The van der Waals surface area contributed by atoms with Crippen LogP contribution in [0.3, 0.4) is 0 Å². The second-order valence-corrected chi connectivity index (χ2v) is 8.53. The van der Waals surface area contributed by atoms with E-state index in [0.29, 0.717) is 16.2 Å². The molecule has 33 heavy (non-hydrogen) atoms. The van der Waals surface area contributed by atoms with Crippen LogP contribution in [0.1, 0.15) is 60.0 Å². The first-order valence-electron chi connectivity index (χ1n) is 11.1. The van der Waals surface area contributed by atoms with Gasteiger partial charge in [0.05, 0.1) is 18.5 Å². The van der Waals surface area contributed by atoms with Crippen LogP contribution in [0.4, 0.5) is 13.2 Å². The van der Waals surface area contributed by atoms with Gasteiger partial charge in [0, 0.05) is 31.2 Å². The highest BCUT2D eigenvalue weighted by Crippen LogP contribution is 2.34. The lowest BCUT2D eigenvalue weighted by atomic mass is 10.0. The molecular formula is C23H29F3N4O3. The van der Waals surface area contributed by atoms with E-state index in [2.05, 4.69) is 29.2 Å². The maximum Gasteiger partial charge on any atom is 0.434 e. The van der Waals surface area contributed by atoms with Crippen LogP contribution in [0.5, 0.6) is 0 Å². The summed E-state index contributed by atoms with van der Waals surface area (Å²) in [6.07, 6.45) is -2.27. The number of benzene rings is 1. The van der Waals surface area contributed by atoms with Crippen LogP contribution in [0.25, 0.3) is 5.69 Å². The number of nitrogens with zero attached hydrogens (tertiary/aromatic N) is 3. The second kappa shape index (κ2) is 10.4. The Morgan fingerprint density at radius 1 is 1.18 bits per heavy atom. The summed E-state index contributed by atoms with van der Waals surface area (Å²) in [7, 11) is 0. The number of carbonyl (C=O) groups is 2. The van der Waals surface area contributed by atoms with Gasteiger partial charge in [0.2, 0.25) is 0 Å². The Balaban J connectivity index is 1.71. The summed E-state index contributed by atoms with van der Waals surface area (Å²) in [5.41, 5.74) is -1.45. The quantitative estimate of drug-likeness (QED) is 0.626. The van der Waals surface area contributed by atoms with Gasteiger partial charge in [-0.25, -0.2) is 9.48 Å². The Morgan fingerprint density at radius 2 is 1.82 bits per heavy atom. The van der Waals surface area contributed by atoms with Gasteiger partial charge in [-0.1, -0.05) is 13.8 Å². The number of ether oxygens (including phenoxy) is 1. The number of esters is 1. The number of hydrogen-bond acceptors (Lipinski definition) is 5. The highest BCUT2D eigenvalue weighted by molar-refractivity contribution is 5.94. The Bertz CT molecular complexity index is 962. The predicted octanol–water partition coefficient (Wildman–Crippen LogP) is 3.92. The van der Waals surface area contributed by atoms with Gasteiger partial charge in [-0.05, 0) is 49.9 Å². The van der Waals surface area contributed by atoms with Crippen molar-refractivity contribution in [3.63, 3.8) is 0 Å². The number of likely N-dealkylation sites (tertiary alicyclic amines) is 1. The number of nitrogens with one attached hydrogen (secondary N) is 1. The van der Waals surface area contributed by atoms with E-state index in [1.807, 2.05) is 0 Å². The van der Waals surface area contributed by atoms with Crippen molar-refractivity contribution in [2.24, 2.45) is 5.92 Å². The molecule has 1 aromatic carbocycles. The predicted molar refractivity (Wildman–Crippen MR) is 116 cm³/mol. The van der Waals surface area contributed by atoms with Gasteiger partial charge in [-0.3, -0.25) is 4.79 Å². The lowest BCUT2D eigenvalue weighted by Gasteiger charge is -2.33. The van der Waals surface area contributed by atoms with E-state index in [4.69, 9.17) is 4.74 Å². The zero-order chi connectivity index (χ0) is 24.2. The third-order valence-electron chi connectivity index (χ3n) is 5.45. The minimum atomic E-state index is -4.82. The second-order valence-electron chi connectivity index (χ2n) is 8.53. The molecule has 0 unspecified atom stereocenters. The normalized spacial score (nSPS) is 15.6. The number of halogens is 3. The van der Waals surface area contributed by atoms with Crippen LogP contribution in [0.15, 0.2) is 30.5 Å². The molecule has 180 valence electrons. The zero-order valence-electron chi connectivity index (χ0n) is 19.0. The van der Waals surface area contributed by atoms with Gasteiger partial charge in [0.1, 0.15) is 5.56 Å². The average Bonchev–Trinajstić information content (AvgIpc) is 3.21. The number of amides is 1. The molecule has 0 saturated carbocycles. The van der Waals surface area contributed by atoms with Gasteiger partial charge in [0.25, 0.3) is 5.91 Å². The monoisotopic (exact) mass is 466 g/mol. The fraction of sp³-hybridized carbons (Fsp3) is 0.522. The van der Waals surface area contributed by atoms with Crippen molar-refractivity contribution in [1.29, 1.82) is 0 Å². The summed E-state index contributed by atoms with van der Waals surface area (Å²) < 4.78 is 46.3. The molecule has 0 aliphatic carbocycles. The topological polar surface area (TPSA) is 76.5 Å². The van der Waals surface area contributed by atoms with Crippen LogP contribution in [0, 0.1) is 5.92 Å². The maximum absolute atomic E-state index is 13.7. The van der Waals surface area contributed by atoms with E-state index in [0.717, 1.165) is 38.7 Å². The Labute approximate surface area is 190 Å². The van der Waals surface area contributed by atoms with Gasteiger partial charge in [-0.15, -0.1) is 0 Å². The number of aromatic nitrogens is 2. The lowest BCUT2D eigenvalue weighted by molar-refractivity contribution is -0.143. The highest BCUT2D eigenvalue weighted by Gasteiger charge is 2.41. The molecule has 1 amide bonds. The number of alkyl halides is 3. The summed E-state index contributed by atoms with van der Waals surface area (Å²) >= 11 is 0. The molecule has 1 aliphatic heterocycles. The van der Waals surface area contributed by atoms with Crippen molar-refractivity contribution in [2.45, 2.75) is 45.8 Å². The number of rotatable bonds is 7. The number of carbonyl (C=O) groups excluding carboxylic acids is 2. The Kier molecular flexibility index (Phi) is 7.78. The van der Waals surface area contributed by atoms with E-state index < -0.39 is 23.4 Å². The fourth-order valence-corrected chi connectivity index (χ4v) is 3.97. The molecule has 10 heteroatoms. The minimum absolute atomic E-state index is 0.0537. The Hall–Kier alpha value is -2.88. The van der Waals surface area contributed by atoms with Crippen molar-refractivity contribution >= 4 is 11.9 Å². The molecule has 0 spiro atoms. The number of piperidine rings is 1. The standard InChI is InChI=1S/C23H29F3N4O3/c1-4-33-22(32)19-13-27-30(20(19)23(24,25)26)18-7-5-16(6-8-18)21(31)28-17-9-11-29(12-10-17)14-15(2)3/h5-8,13,15,17H,4,9-12,14H2,1-3H3,(H,28,31). The molecule has 1 aliphatic rings. The van der Waals surface area contributed by atoms with Crippen LogP contribution in [-0.2, 0) is 10.9 Å². The molecular weight excluding hydrogens is 437 g/mol. The minimum Gasteiger partial charge on any atom is -0.462 e. The van der Waals surface area contributed by atoms with Crippen molar-refractivity contribution in [2.75, 3.05) is 26.2 Å². The van der Waals surface area contributed by atoms with Crippen LogP contribution >= 0.6 is 0 Å². The van der Waals surface area contributed by atoms with E-state index >= 15 is 0 Å². The van der Waals surface area contributed by atoms with Gasteiger partial charge in [-0.2, -0.15) is 18.3 Å². The molecule has 1 N–H and O–H groups in total. The SMILES string of the molecule is CCOC(=O)c1cnn(-c2ccc(C(=O)NC3CCN(CC(C)C)CC3)cc2)c1C(F)(F)F. The van der Waals surface area contributed by atoms with E-state index in [-0.39, 0.29) is 24.2 Å². The molecule has 1 aromatic heterocycles. The van der Waals surface area contributed by atoms with E-state index in [1.165, 1.54) is 31.2 Å². The lowest BCUT2D eigenvalue weighted by Crippen LogP contribution is -2.45. The first kappa shape index (κ1) is 24.8. The van der Waals surface area contributed by atoms with Crippen LogP contribution in [0.2, 0.25) is 0 Å². The summed E-state index contributed by atoms with van der Waals surface area (Å²) in [4.78, 5) is 26.9. The molecule has 2 aromatic rings. The van der Waals surface area contributed by atoms with Crippen LogP contribution < -0.4 is 5.32 Å². The average molecular weight is 467 g/mol. The Morgan fingerprint density at radius 3 is 2.36 bits per heavy atom. The third kappa shape index (κ3) is 6.13. The van der Waals surface area contributed by atoms with Crippen molar-refractivity contribution in [3.8, 4) is 5.69 Å². The molecule has 1 fully saturated rings. The molecule has 0 radical (unpaired) electrons. The summed E-state index contributed by atoms with van der Waals surface area (Å²) in [6, 6.07) is 5.71. The molecule has 0 bridgehead atoms. The summed E-state index contributed by atoms with van der Waals surface area (Å²) in [5.74, 6) is -0.769. The molecule has 0 atom stereocenters. The van der Waals surface area contributed by atoms with E-state index in [1.54, 1.807) is 0 Å². The summed E-state index contributed by atoms with van der Waals surface area (Å²) in [6.45, 7) is 8.69. The smallest absolute Gasteiger partial charge is 0.434 e. The van der Waals surface area contributed by atoms with E-state index in [9.17, 15) is 22.8 Å². The third-order valence-corrected chi connectivity index (χ3v) is 5.45. The summed E-state index contributed by atoms with van der Waals surface area (Å²) in [5, 5.41) is 6.75. The van der Waals surface area contributed by atoms with Crippen LogP contribution in [-0.4, -0.2) is 58.8 Å². The molecule has 1 saturated heterocycles. The van der Waals surface area contributed by atoms with Gasteiger partial charge in [0.15, 0.2) is 5.69 Å². The fourth-order valence-electron chi connectivity index (χ4n) is 3.97. The first-order chi connectivity index (χ1) is 15.6. The van der Waals surface area contributed by atoms with Gasteiger partial charge >= 0.3 is 12.1 Å². The van der Waals surface area contributed by atoms with Crippen molar-refractivity contribution in [1.82, 2.24) is 20.0 Å². The number of hydrogen-bond donors (Lipinski definition) is 1. The van der Waals surface area contributed by atoms with Crippen molar-refractivity contribution < 1.29 is 27.5 Å². The largest absolute Gasteiger partial charge is 0.462 e. The molecule has 2 heterocycles. The zero-order valence-corrected chi connectivity index (χ0v) is 19.0. The molecule has 3 rings (SSSR count).